The van der Waals surface area contributed by atoms with Gasteiger partial charge in [0, 0.05) is 0 Å². The summed E-state index contributed by atoms with van der Waals surface area (Å²) in [5.74, 6) is 2.09. The van der Waals surface area contributed by atoms with Crippen molar-refractivity contribution in [1.82, 2.24) is 4.98 Å². The van der Waals surface area contributed by atoms with Crippen LogP contribution in [0, 0.1) is 18.3 Å². The monoisotopic (exact) mass is 296 g/mol. The number of nitrogens with zero attached hydrogens (tertiary/aromatic N) is 2. The van der Waals surface area contributed by atoms with Crippen molar-refractivity contribution in [3.8, 4) is 22.6 Å². The predicted octanol–water partition coefficient (Wildman–Crippen LogP) is 4.16. The van der Waals surface area contributed by atoms with Crippen molar-refractivity contribution in [3.63, 3.8) is 0 Å². The van der Waals surface area contributed by atoms with Crippen LogP contribution in [0.25, 0.3) is 10.8 Å². The number of rotatable bonds is 4. The van der Waals surface area contributed by atoms with Crippen LogP contribution in [-0.4, -0.2) is 4.98 Å². The van der Waals surface area contributed by atoms with Crippen molar-refractivity contribution in [3.05, 3.63) is 58.8 Å². The van der Waals surface area contributed by atoms with E-state index < -0.39 is 0 Å². The lowest BCUT2D eigenvalue weighted by atomic mass is 10.2. The molecule has 4 nitrogen and oxygen atoms in total. The summed E-state index contributed by atoms with van der Waals surface area (Å²) < 4.78 is 11.3. The van der Waals surface area contributed by atoms with E-state index >= 15 is 0 Å². The molecule has 0 aliphatic rings. The van der Waals surface area contributed by atoms with Gasteiger partial charge >= 0.3 is 0 Å². The molecule has 0 radical (unpaired) electrons. The molecule has 0 saturated heterocycles. The van der Waals surface area contributed by atoms with Crippen LogP contribution >= 0.6 is 11.3 Å². The van der Waals surface area contributed by atoms with Crippen LogP contribution in [0.4, 0.5) is 0 Å². The summed E-state index contributed by atoms with van der Waals surface area (Å²) in [4.78, 5) is 5.47. The second-order valence-electron chi connectivity index (χ2n) is 4.42. The zero-order valence-electron chi connectivity index (χ0n) is 11.4. The van der Waals surface area contributed by atoms with E-state index in [2.05, 4.69) is 11.1 Å². The maximum atomic E-state index is 8.75. The first-order valence-electron chi connectivity index (χ1n) is 6.39. The molecular weight excluding hydrogens is 284 g/mol. The molecule has 2 heterocycles. The van der Waals surface area contributed by atoms with Gasteiger partial charge in [-0.15, -0.1) is 11.3 Å². The molecule has 0 bridgehead atoms. The number of hydrogen-bond acceptors (Lipinski definition) is 5. The zero-order valence-corrected chi connectivity index (χ0v) is 12.2. The molecular formula is C16H12N2O2S. The van der Waals surface area contributed by atoms with Crippen LogP contribution in [0.2, 0.25) is 0 Å². The smallest absolute Gasteiger partial charge is 0.236 e. The highest BCUT2D eigenvalue weighted by atomic mass is 32.1. The largest absolute Gasteiger partial charge is 0.487 e. The van der Waals surface area contributed by atoms with Crippen molar-refractivity contribution in [2.45, 2.75) is 13.5 Å². The highest BCUT2D eigenvalue weighted by molar-refractivity contribution is 7.13. The molecule has 0 aliphatic carbocycles. The number of nitriles is 1. The molecule has 104 valence electrons. The van der Waals surface area contributed by atoms with Crippen molar-refractivity contribution in [1.29, 1.82) is 5.26 Å². The SMILES string of the molecule is Cc1oc(-c2cccs2)nc1COc1ccc(C#N)cc1. The molecule has 0 N–H and O–H groups in total. The van der Waals surface area contributed by atoms with Gasteiger partial charge in [-0.25, -0.2) is 4.98 Å². The van der Waals surface area contributed by atoms with E-state index in [1.54, 1.807) is 35.6 Å². The van der Waals surface area contributed by atoms with Crippen LogP contribution in [0.5, 0.6) is 5.75 Å². The third-order valence-corrected chi connectivity index (χ3v) is 3.84. The van der Waals surface area contributed by atoms with Gasteiger partial charge in [-0.1, -0.05) is 6.07 Å². The summed E-state index contributed by atoms with van der Waals surface area (Å²) in [6.45, 7) is 2.22. The summed E-state index contributed by atoms with van der Waals surface area (Å²) in [7, 11) is 0. The van der Waals surface area contributed by atoms with Crippen molar-refractivity contribution in [2.75, 3.05) is 0 Å². The van der Waals surface area contributed by atoms with Crippen LogP contribution < -0.4 is 4.74 Å². The highest BCUT2D eigenvalue weighted by Gasteiger charge is 2.12. The number of benzene rings is 1. The van der Waals surface area contributed by atoms with Gasteiger partial charge < -0.3 is 9.15 Å². The van der Waals surface area contributed by atoms with Gasteiger partial charge in [0.05, 0.1) is 16.5 Å². The van der Waals surface area contributed by atoms with E-state index in [0.29, 0.717) is 23.8 Å². The molecule has 3 aromatic rings. The molecule has 0 amide bonds. The number of hydrogen-bond donors (Lipinski definition) is 0. The third-order valence-electron chi connectivity index (χ3n) is 2.98. The normalized spacial score (nSPS) is 10.3. The fourth-order valence-electron chi connectivity index (χ4n) is 1.84. The summed E-state index contributed by atoms with van der Waals surface area (Å²) in [5, 5.41) is 10.7. The topological polar surface area (TPSA) is 59.1 Å². The Morgan fingerprint density at radius 2 is 2.10 bits per heavy atom. The third kappa shape index (κ3) is 2.96. The van der Waals surface area contributed by atoms with Crippen LogP contribution in [0.1, 0.15) is 17.0 Å². The Bertz CT molecular complexity index is 768. The Labute approximate surface area is 126 Å². The van der Waals surface area contributed by atoms with E-state index in [1.807, 2.05) is 24.4 Å². The summed E-state index contributed by atoms with van der Waals surface area (Å²) in [6.07, 6.45) is 0. The molecule has 5 heteroatoms. The minimum atomic E-state index is 0.340. The minimum Gasteiger partial charge on any atom is -0.487 e. The summed E-state index contributed by atoms with van der Waals surface area (Å²) in [6, 6.07) is 13.0. The van der Waals surface area contributed by atoms with Gasteiger partial charge in [0.15, 0.2) is 0 Å². The molecule has 2 aromatic heterocycles. The maximum absolute atomic E-state index is 8.75. The Morgan fingerprint density at radius 1 is 1.29 bits per heavy atom. The standard InChI is InChI=1S/C16H12N2O2S/c1-11-14(18-16(20-11)15-3-2-8-21-15)10-19-13-6-4-12(9-17)5-7-13/h2-8H,10H2,1H3. The average molecular weight is 296 g/mol. The molecule has 3 rings (SSSR count). The number of aromatic nitrogens is 1. The number of oxazole rings is 1. The molecule has 0 unspecified atom stereocenters. The Kier molecular flexibility index (Phi) is 3.71. The predicted molar refractivity (Wildman–Crippen MR) is 80.0 cm³/mol. The number of thiophene rings is 1. The lowest BCUT2D eigenvalue weighted by Crippen LogP contribution is -1.97. The second-order valence-corrected chi connectivity index (χ2v) is 5.37. The Balaban J connectivity index is 1.72. The summed E-state index contributed by atoms with van der Waals surface area (Å²) >= 11 is 1.59. The second kappa shape index (κ2) is 5.81. The van der Waals surface area contributed by atoms with Gasteiger partial charge in [-0.2, -0.15) is 5.26 Å². The first-order chi connectivity index (χ1) is 10.3. The van der Waals surface area contributed by atoms with Crippen LogP contribution in [0.3, 0.4) is 0 Å². The fraction of sp³-hybridized carbons (Fsp3) is 0.125. The Hall–Kier alpha value is -2.58. The summed E-state index contributed by atoms with van der Waals surface area (Å²) in [5.41, 5.74) is 1.39. The molecule has 0 fully saturated rings. The van der Waals surface area contributed by atoms with Crippen molar-refractivity contribution in [2.24, 2.45) is 0 Å². The fourth-order valence-corrected chi connectivity index (χ4v) is 2.49. The Morgan fingerprint density at radius 3 is 2.76 bits per heavy atom. The van der Waals surface area contributed by atoms with E-state index in [9.17, 15) is 0 Å². The quantitative estimate of drug-likeness (QED) is 0.725. The lowest BCUT2D eigenvalue weighted by molar-refractivity contribution is 0.299. The average Bonchev–Trinajstić information content (AvgIpc) is 3.15. The van der Waals surface area contributed by atoms with E-state index in [4.69, 9.17) is 14.4 Å². The van der Waals surface area contributed by atoms with E-state index in [-0.39, 0.29) is 0 Å². The maximum Gasteiger partial charge on any atom is 0.236 e. The molecule has 0 saturated carbocycles. The number of aryl methyl sites for hydroxylation is 1. The molecule has 21 heavy (non-hydrogen) atoms. The highest BCUT2D eigenvalue weighted by Crippen LogP contribution is 2.26. The lowest BCUT2D eigenvalue weighted by Gasteiger charge is -2.03. The van der Waals surface area contributed by atoms with Gasteiger partial charge in [0.2, 0.25) is 5.89 Å². The van der Waals surface area contributed by atoms with E-state index in [0.717, 1.165) is 16.3 Å². The molecule has 0 atom stereocenters. The van der Waals surface area contributed by atoms with Crippen molar-refractivity contribution < 1.29 is 9.15 Å². The van der Waals surface area contributed by atoms with Gasteiger partial charge in [-0.05, 0) is 42.6 Å². The van der Waals surface area contributed by atoms with Gasteiger partial charge in [-0.3, -0.25) is 0 Å². The number of ether oxygens (including phenoxy) is 1. The molecule has 1 aromatic carbocycles. The first kappa shape index (κ1) is 13.4. The van der Waals surface area contributed by atoms with Crippen LogP contribution in [0.15, 0.2) is 46.2 Å². The first-order valence-corrected chi connectivity index (χ1v) is 7.27. The van der Waals surface area contributed by atoms with Crippen molar-refractivity contribution >= 4 is 11.3 Å². The van der Waals surface area contributed by atoms with E-state index in [1.165, 1.54) is 0 Å². The zero-order chi connectivity index (χ0) is 14.7. The van der Waals surface area contributed by atoms with Crippen LogP contribution in [-0.2, 0) is 6.61 Å². The van der Waals surface area contributed by atoms with Gasteiger partial charge in [0.25, 0.3) is 0 Å². The molecule has 0 spiro atoms. The molecule has 0 aliphatic heterocycles. The minimum absolute atomic E-state index is 0.340. The van der Waals surface area contributed by atoms with Gasteiger partial charge in [0.1, 0.15) is 23.8 Å².